The molecule has 2 heterocycles. The van der Waals surface area contributed by atoms with E-state index in [-0.39, 0.29) is 22.8 Å². The number of carbonyl (C=O) groups is 1. The van der Waals surface area contributed by atoms with Crippen molar-refractivity contribution in [3.63, 3.8) is 0 Å². The van der Waals surface area contributed by atoms with Crippen LogP contribution in [0.5, 0.6) is 0 Å². The Hall–Kier alpha value is -3.44. The van der Waals surface area contributed by atoms with Crippen molar-refractivity contribution in [2.24, 2.45) is 0 Å². The molecule has 46 heavy (non-hydrogen) atoms. The first-order valence-corrected chi connectivity index (χ1v) is 17.4. The summed E-state index contributed by atoms with van der Waals surface area (Å²) in [6.45, 7) is 12.2. The van der Waals surface area contributed by atoms with Gasteiger partial charge in [0.25, 0.3) is 10.1 Å². The van der Waals surface area contributed by atoms with Crippen molar-refractivity contribution in [1.29, 1.82) is 0 Å². The third-order valence-electron chi connectivity index (χ3n) is 8.68. The lowest BCUT2D eigenvalue weighted by Crippen LogP contribution is -2.28. The Morgan fingerprint density at radius 3 is 2.54 bits per heavy atom. The van der Waals surface area contributed by atoms with E-state index >= 15 is 0 Å². The number of fused-ring (bicyclic) bond motifs is 2. The first-order chi connectivity index (χ1) is 21.8. The highest BCUT2D eigenvalue weighted by molar-refractivity contribution is 7.94. The summed E-state index contributed by atoms with van der Waals surface area (Å²) in [5.41, 5.74) is 5.13. The monoisotopic (exact) mass is 668 g/mol. The summed E-state index contributed by atoms with van der Waals surface area (Å²) in [6, 6.07) is 10.7. The first-order valence-electron chi connectivity index (χ1n) is 15.2. The van der Waals surface area contributed by atoms with Gasteiger partial charge in [0.15, 0.2) is 5.71 Å². The minimum Gasteiger partial charge on any atom is -0.345 e. The van der Waals surface area contributed by atoms with Crippen LogP contribution >= 0.6 is 12.0 Å². The fourth-order valence-corrected chi connectivity index (χ4v) is 7.26. The number of nitrogens with zero attached hydrogens (tertiary/aromatic N) is 2. The number of hydrogen-bond acceptors (Lipinski definition) is 8. The van der Waals surface area contributed by atoms with Crippen molar-refractivity contribution in [2.45, 2.75) is 80.9 Å². The van der Waals surface area contributed by atoms with Crippen LogP contribution in [0.3, 0.4) is 0 Å². The molecule has 2 aromatic carbocycles. The molecule has 0 atom stereocenters. The van der Waals surface area contributed by atoms with Crippen molar-refractivity contribution in [2.75, 3.05) is 24.5 Å². The number of nitrogens with one attached hydrogen (secondary N) is 1. The molecule has 0 fully saturated rings. The maximum atomic E-state index is 12.0. The van der Waals surface area contributed by atoms with E-state index in [1.807, 2.05) is 38.1 Å². The molecule has 12 heteroatoms. The van der Waals surface area contributed by atoms with E-state index < -0.39 is 15.5 Å². The van der Waals surface area contributed by atoms with Crippen LogP contribution in [0.2, 0.25) is 0 Å². The van der Waals surface area contributed by atoms with Crippen LogP contribution in [0.25, 0.3) is 0 Å². The Balaban J connectivity index is 1.66. The van der Waals surface area contributed by atoms with E-state index in [1.54, 1.807) is 12.1 Å². The highest BCUT2D eigenvalue weighted by Gasteiger charge is 2.45. The van der Waals surface area contributed by atoms with Crippen molar-refractivity contribution >= 4 is 45.2 Å². The highest BCUT2D eigenvalue weighted by Crippen LogP contribution is 2.49. The third-order valence-corrected chi connectivity index (χ3v) is 10.1. The van der Waals surface area contributed by atoms with Crippen LogP contribution in [0.15, 0.2) is 70.1 Å². The maximum Gasteiger partial charge on any atom is 0.294 e. The normalized spacial score (nSPS) is 17.4. The number of unbranched alkanes of at least 4 members (excludes halogenated alkanes) is 2. The average molecular weight is 669 g/mol. The van der Waals surface area contributed by atoms with Crippen molar-refractivity contribution in [1.82, 2.24) is 5.32 Å². The molecule has 0 aromatic heterocycles. The van der Waals surface area contributed by atoms with Gasteiger partial charge in [-0.1, -0.05) is 30.9 Å². The molecule has 246 valence electrons. The lowest BCUT2D eigenvalue weighted by atomic mass is 9.81. The summed E-state index contributed by atoms with van der Waals surface area (Å²) in [4.78, 5) is 14.9. The van der Waals surface area contributed by atoms with Gasteiger partial charge >= 0.3 is 0 Å². The fourth-order valence-electron chi connectivity index (χ4n) is 6.36. The van der Waals surface area contributed by atoms with Crippen LogP contribution in [0, 0.1) is 12.3 Å². The van der Waals surface area contributed by atoms with Gasteiger partial charge in [0.2, 0.25) is 11.6 Å². The van der Waals surface area contributed by atoms with Crippen LogP contribution in [0.1, 0.15) is 71.4 Å². The molecule has 0 aliphatic carbocycles. The Kier molecular flexibility index (Phi) is 11.2. The molecule has 0 saturated heterocycles. The van der Waals surface area contributed by atoms with Crippen LogP contribution in [0.4, 0.5) is 11.4 Å². The van der Waals surface area contributed by atoms with E-state index in [0.717, 1.165) is 76.7 Å². The molecule has 0 saturated carbocycles. The summed E-state index contributed by atoms with van der Waals surface area (Å²) in [7, 11) is -4.37. The van der Waals surface area contributed by atoms with E-state index in [0.29, 0.717) is 13.0 Å². The number of anilines is 1. The summed E-state index contributed by atoms with van der Waals surface area (Å²) in [5.74, 6) is 2.34. The summed E-state index contributed by atoms with van der Waals surface area (Å²) >= 11 is 0.929. The van der Waals surface area contributed by atoms with Crippen LogP contribution in [-0.2, 0) is 35.1 Å². The highest BCUT2D eigenvalue weighted by atomic mass is 32.2. The van der Waals surface area contributed by atoms with Crippen molar-refractivity contribution in [3.05, 3.63) is 71.5 Å². The predicted molar refractivity (Wildman–Crippen MR) is 180 cm³/mol. The second-order valence-corrected chi connectivity index (χ2v) is 14.5. The standard InChI is InChI=1S/C34H41N3O7S2/c1-7-20-35-32(38)15-10-9-11-21-37-29-19-17-25(46(40,41)42)23-27(29)34(5,6)31(37)14-12-13-30-33(3,4)26-22-24(45-44-43-39)16-18-28(26)36(30)8-2/h1,12-14,16-19,22-23H,8-11,15,20-21H2,2-6H3,(H2-,35,38,39,40,41,42)/p+1. The molecule has 0 spiro atoms. The zero-order chi connectivity index (χ0) is 33.7. The molecule has 3 N–H and O–H groups in total. The number of likely N-dealkylation sites (N-methyl/N-ethyl adjacent to an activating group) is 1. The molecule has 10 nitrogen and oxygen atoms in total. The molecule has 2 aromatic rings. The molecule has 0 bridgehead atoms. The van der Waals surface area contributed by atoms with Crippen LogP contribution in [-0.4, -0.2) is 54.1 Å². The Morgan fingerprint density at radius 1 is 1.11 bits per heavy atom. The SMILES string of the molecule is C#CCNC(=O)CCCCC[N+]1=C(/C=C/C=C2/N(CC)c3ccc(SOOO)cc3C2(C)C)C(C)(C)c2cc(S(=O)(=O)O)ccc21. The number of rotatable bonds is 14. The van der Waals surface area contributed by atoms with Gasteiger partial charge in [-0.3, -0.25) is 9.35 Å². The number of hydrogen-bond donors (Lipinski definition) is 3. The number of amides is 1. The topological polar surface area (TPSA) is 128 Å². The zero-order valence-electron chi connectivity index (χ0n) is 26.9. The van der Waals surface area contributed by atoms with Gasteiger partial charge in [0, 0.05) is 58.8 Å². The van der Waals surface area contributed by atoms with E-state index in [9.17, 15) is 17.8 Å². The number of carbonyl (C=O) groups excluding carboxylic acids is 1. The minimum atomic E-state index is -4.37. The molecule has 2 aliphatic heterocycles. The number of allylic oxidation sites excluding steroid dienone is 4. The Bertz CT molecular complexity index is 1720. The van der Waals surface area contributed by atoms with E-state index in [2.05, 4.69) is 63.0 Å². The maximum absolute atomic E-state index is 12.0. The molecule has 0 unspecified atom stereocenters. The van der Waals surface area contributed by atoms with Crippen molar-refractivity contribution < 1.29 is 37.0 Å². The van der Waals surface area contributed by atoms with Gasteiger partial charge in [-0.2, -0.15) is 13.0 Å². The smallest absolute Gasteiger partial charge is 0.294 e. The first kappa shape index (κ1) is 35.4. The van der Waals surface area contributed by atoms with Gasteiger partial charge < -0.3 is 10.2 Å². The predicted octanol–water partition coefficient (Wildman–Crippen LogP) is 6.31. The van der Waals surface area contributed by atoms with Gasteiger partial charge in [-0.25, -0.2) is 5.26 Å². The average Bonchev–Trinajstić information content (AvgIpc) is 3.36. The third kappa shape index (κ3) is 7.41. The largest absolute Gasteiger partial charge is 0.345 e. The van der Waals surface area contributed by atoms with Gasteiger partial charge in [0.1, 0.15) is 6.54 Å². The lowest BCUT2D eigenvalue weighted by Gasteiger charge is -2.25. The second kappa shape index (κ2) is 14.5. The Morgan fingerprint density at radius 2 is 1.87 bits per heavy atom. The summed E-state index contributed by atoms with van der Waals surface area (Å²) < 4.78 is 40.7. The lowest BCUT2D eigenvalue weighted by molar-refractivity contribution is -0.438. The van der Waals surface area contributed by atoms with Crippen molar-refractivity contribution in [3.8, 4) is 12.3 Å². The number of terminal acetylenes is 1. The molecular formula is C34H42N3O7S2+. The second-order valence-electron chi connectivity index (χ2n) is 12.3. The quantitative estimate of drug-likeness (QED) is 0.0404. The molecular weight excluding hydrogens is 627 g/mol. The van der Waals surface area contributed by atoms with E-state index in [4.69, 9.17) is 11.7 Å². The minimum absolute atomic E-state index is 0.0628. The van der Waals surface area contributed by atoms with E-state index in [1.165, 1.54) is 6.07 Å². The van der Waals surface area contributed by atoms with Gasteiger partial charge in [0.05, 0.1) is 28.9 Å². The van der Waals surface area contributed by atoms with Gasteiger partial charge in [-0.15, -0.1) is 10.8 Å². The zero-order valence-corrected chi connectivity index (χ0v) is 28.5. The molecule has 2 aliphatic rings. The summed E-state index contributed by atoms with van der Waals surface area (Å²) in [5, 5.41) is 15.0. The van der Waals surface area contributed by atoms with Gasteiger partial charge in [-0.05, 0) is 75.6 Å². The molecule has 4 rings (SSSR count). The molecule has 0 radical (unpaired) electrons. The summed E-state index contributed by atoms with van der Waals surface area (Å²) in [6.07, 6.45) is 14.2. The van der Waals surface area contributed by atoms with Crippen LogP contribution < -0.4 is 10.2 Å². The number of benzene rings is 2. The molecule has 1 amide bonds. The Labute approximate surface area is 276 Å². The fraction of sp³-hybridized carbons (Fsp3) is 0.412.